The van der Waals surface area contributed by atoms with Crippen LogP contribution in [0.3, 0.4) is 0 Å². The van der Waals surface area contributed by atoms with E-state index in [0.717, 1.165) is 0 Å². The zero-order valence-electron chi connectivity index (χ0n) is 10.5. The van der Waals surface area contributed by atoms with Crippen molar-refractivity contribution in [3.63, 3.8) is 0 Å². The van der Waals surface area contributed by atoms with E-state index >= 15 is 0 Å². The summed E-state index contributed by atoms with van der Waals surface area (Å²) in [7, 11) is 0. The van der Waals surface area contributed by atoms with Gasteiger partial charge in [-0.3, -0.25) is 0 Å². The zero-order valence-corrected chi connectivity index (χ0v) is 10.5. The van der Waals surface area contributed by atoms with Crippen molar-refractivity contribution >= 4 is 0 Å². The van der Waals surface area contributed by atoms with Crippen molar-refractivity contribution in [2.75, 3.05) is 13.2 Å². The number of rotatable bonds is 9. The molecule has 20 heavy (non-hydrogen) atoms. The monoisotopic (exact) mass is 302 g/mol. The second-order valence-electron chi connectivity index (χ2n) is 4.44. The Kier molecular flexibility index (Phi) is 8.62. The number of aliphatic hydroxyl groups excluding tert-OH is 10. The van der Waals surface area contributed by atoms with Gasteiger partial charge >= 0.3 is 0 Å². The van der Waals surface area contributed by atoms with Gasteiger partial charge in [-0.15, -0.1) is 0 Å². The maximum Gasteiger partial charge on any atom is 0.111 e. The van der Waals surface area contributed by atoms with Gasteiger partial charge in [0.25, 0.3) is 0 Å². The van der Waals surface area contributed by atoms with Crippen LogP contribution < -0.4 is 0 Å². The Morgan fingerprint density at radius 1 is 0.400 bits per heavy atom. The van der Waals surface area contributed by atoms with Gasteiger partial charge in [0.05, 0.1) is 13.2 Å². The van der Waals surface area contributed by atoms with Crippen LogP contribution in [0, 0.1) is 0 Å². The molecule has 0 amide bonds. The van der Waals surface area contributed by atoms with Gasteiger partial charge in [0.15, 0.2) is 0 Å². The van der Waals surface area contributed by atoms with E-state index in [9.17, 15) is 30.6 Å². The van der Waals surface area contributed by atoms with Gasteiger partial charge in [-0.1, -0.05) is 0 Å². The standard InChI is InChI=1S/C10H22O10/c11-1-3(13)5(15)7(17)9(19)10(20)8(18)6(16)4(14)2-12/h3-20H,1-2H2/t3-,4+,5-,6-,7-,8-,9+,10+/m1/s1. The average molecular weight is 302 g/mol. The van der Waals surface area contributed by atoms with Gasteiger partial charge in [-0.05, 0) is 0 Å². The van der Waals surface area contributed by atoms with Crippen LogP contribution in [0.15, 0.2) is 0 Å². The van der Waals surface area contributed by atoms with Crippen molar-refractivity contribution in [1.82, 2.24) is 0 Å². The van der Waals surface area contributed by atoms with Crippen LogP contribution in [0.4, 0.5) is 0 Å². The molecular formula is C10H22O10. The summed E-state index contributed by atoms with van der Waals surface area (Å²) in [6.07, 6.45) is -16.3. The Bertz CT molecular complexity index is 238. The molecule has 0 saturated heterocycles. The molecule has 0 aromatic carbocycles. The van der Waals surface area contributed by atoms with Crippen LogP contribution in [0.1, 0.15) is 0 Å². The minimum atomic E-state index is -2.19. The summed E-state index contributed by atoms with van der Waals surface area (Å²) < 4.78 is 0. The summed E-state index contributed by atoms with van der Waals surface area (Å²) in [6.45, 7) is -1.84. The minimum absolute atomic E-state index is 0.921. The lowest BCUT2D eigenvalue weighted by Crippen LogP contribution is -2.56. The fourth-order valence-corrected chi connectivity index (χ4v) is 1.48. The normalized spacial score (nSPS) is 24.3. The van der Waals surface area contributed by atoms with E-state index in [1.54, 1.807) is 0 Å². The topological polar surface area (TPSA) is 202 Å². The fraction of sp³-hybridized carbons (Fsp3) is 1.00. The average Bonchev–Trinajstić information content (AvgIpc) is 2.48. The van der Waals surface area contributed by atoms with Crippen LogP contribution in [-0.2, 0) is 0 Å². The molecule has 10 N–H and O–H groups in total. The molecule has 0 rings (SSSR count). The largest absolute Gasteiger partial charge is 0.394 e. The molecule has 0 unspecified atom stereocenters. The van der Waals surface area contributed by atoms with Crippen molar-refractivity contribution in [2.24, 2.45) is 0 Å². The Hall–Kier alpha value is -0.400. The molecule has 0 fully saturated rings. The molecule has 8 atom stereocenters. The zero-order chi connectivity index (χ0) is 16.0. The Morgan fingerprint density at radius 2 is 0.600 bits per heavy atom. The third-order valence-electron chi connectivity index (χ3n) is 2.91. The SMILES string of the molecule is OC[C@@H](O)[C@@H](O)[C@@H](O)[C@H](O)[C@@H](O)[C@H](O)[C@H](O)[C@@H](O)CO. The van der Waals surface area contributed by atoms with Gasteiger partial charge in [-0.25, -0.2) is 0 Å². The predicted octanol–water partition coefficient (Wildman–Crippen LogP) is -6.14. The van der Waals surface area contributed by atoms with E-state index in [-0.39, 0.29) is 0 Å². The van der Waals surface area contributed by atoms with Crippen molar-refractivity contribution in [1.29, 1.82) is 0 Å². The first-order valence-corrected chi connectivity index (χ1v) is 5.85. The maximum atomic E-state index is 9.51. The molecule has 0 aromatic rings. The molecule has 10 nitrogen and oxygen atoms in total. The molecule has 0 aliphatic heterocycles. The molecule has 0 saturated carbocycles. The van der Waals surface area contributed by atoms with Crippen molar-refractivity contribution in [3.8, 4) is 0 Å². The quantitative estimate of drug-likeness (QED) is 0.195. The molecule has 0 aliphatic carbocycles. The van der Waals surface area contributed by atoms with E-state index in [1.165, 1.54) is 0 Å². The van der Waals surface area contributed by atoms with Crippen molar-refractivity contribution in [2.45, 2.75) is 48.8 Å². The third kappa shape index (κ3) is 4.86. The summed E-state index contributed by atoms with van der Waals surface area (Å²) in [4.78, 5) is 0. The fourth-order valence-electron chi connectivity index (χ4n) is 1.48. The van der Waals surface area contributed by atoms with E-state index in [2.05, 4.69) is 0 Å². The summed E-state index contributed by atoms with van der Waals surface area (Å²) in [5.41, 5.74) is 0. The molecule has 0 radical (unpaired) electrons. The Balaban J connectivity index is 4.71. The Labute approximate surface area is 114 Å². The predicted molar refractivity (Wildman–Crippen MR) is 62.2 cm³/mol. The van der Waals surface area contributed by atoms with E-state index in [1.807, 2.05) is 0 Å². The molecule has 0 bridgehead atoms. The van der Waals surface area contributed by atoms with Gasteiger partial charge in [0.2, 0.25) is 0 Å². The van der Waals surface area contributed by atoms with Gasteiger partial charge in [-0.2, -0.15) is 0 Å². The minimum Gasteiger partial charge on any atom is -0.394 e. The highest BCUT2D eigenvalue weighted by Crippen LogP contribution is 2.14. The van der Waals surface area contributed by atoms with E-state index in [4.69, 9.17) is 20.4 Å². The smallest absolute Gasteiger partial charge is 0.111 e. The highest BCUT2D eigenvalue weighted by molar-refractivity contribution is 4.91. The first-order valence-electron chi connectivity index (χ1n) is 5.85. The second kappa shape index (κ2) is 8.79. The molecule has 10 heteroatoms. The van der Waals surface area contributed by atoms with Gasteiger partial charge in [0, 0.05) is 0 Å². The van der Waals surface area contributed by atoms with Gasteiger partial charge in [0.1, 0.15) is 48.8 Å². The molecule has 0 aliphatic rings. The number of hydrogen-bond donors (Lipinski definition) is 10. The maximum absolute atomic E-state index is 9.51. The third-order valence-corrected chi connectivity index (χ3v) is 2.91. The van der Waals surface area contributed by atoms with Crippen LogP contribution >= 0.6 is 0 Å². The first-order chi connectivity index (χ1) is 9.18. The van der Waals surface area contributed by atoms with Gasteiger partial charge < -0.3 is 51.1 Å². The van der Waals surface area contributed by atoms with Crippen LogP contribution in [0.5, 0.6) is 0 Å². The summed E-state index contributed by atoms with van der Waals surface area (Å²) in [5, 5.41) is 91.8. The molecule has 0 aromatic heterocycles. The number of aliphatic hydroxyl groups is 10. The lowest BCUT2D eigenvalue weighted by Gasteiger charge is -2.32. The molecular weight excluding hydrogens is 280 g/mol. The second-order valence-corrected chi connectivity index (χ2v) is 4.44. The van der Waals surface area contributed by atoms with Crippen LogP contribution in [-0.4, -0.2) is 113 Å². The molecule has 0 spiro atoms. The van der Waals surface area contributed by atoms with Crippen molar-refractivity contribution in [3.05, 3.63) is 0 Å². The molecule has 0 heterocycles. The van der Waals surface area contributed by atoms with E-state index < -0.39 is 62.0 Å². The summed E-state index contributed by atoms with van der Waals surface area (Å²) in [5.74, 6) is 0. The lowest BCUT2D eigenvalue weighted by atomic mass is 9.93. The first kappa shape index (κ1) is 19.6. The van der Waals surface area contributed by atoms with Crippen LogP contribution in [0.25, 0.3) is 0 Å². The molecule has 122 valence electrons. The van der Waals surface area contributed by atoms with E-state index in [0.29, 0.717) is 0 Å². The highest BCUT2D eigenvalue weighted by Gasteiger charge is 2.40. The highest BCUT2D eigenvalue weighted by atomic mass is 16.4. The lowest BCUT2D eigenvalue weighted by molar-refractivity contribution is -0.181. The van der Waals surface area contributed by atoms with Crippen molar-refractivity contribution < 1.29 is 51.1 Å². The summed E-state index contributed by atoms with van der Waals surface area (Å²) in [6, 6.07) is 0. The van der Waals surface area contributed by atoms with Crippen LogP contribution in [0.2, 0.25) is 0 Å². The summed E-state index contributed by atoms with van der Waals surface area (Å²) >= 11 is 0. The Morgan fingerprint density at radius 3 is 0.800 bits per heavy atom. The number of hydrogen-bond acceptors (Lipinski definition) is 10.